The normalized spacial score (nSPS) is 14.3. The lowest BCUT2D eigenvalue weighted by atomic mass is 10.0. The molecular formula is C27H37N7O5S. The summed E-state index contributed by atoms with van der Waals surface area (Å²) in [6.45, 7) is 3.61. The first kappa shape index (κ1) is 30.7. The van der Waals surface area contributed by atoms with Crippen molar-refractivity contribution in [2.24, 2.45) is 11.7 Å². The Labute approximate surface area is 236 Å². The van der Waals surface area contributed by atoms with E-state index in [1.165, 1.54) is 24.3 Å². The summed E-state index contributed by atoms with van der Waals surface area (Å²) in [5.74, 6) is -2.56. The van der Waals surface area contributed by atoms with E-state index in [1.807, 2.05) is 30.5 Å². The fourth-order valence-electron chi connectivity index (χ4n) is 4.16. The number of nitrogens with two attached hydrogens (primary N) is 1. The average molecular weight is 572 g/mol. The molecule has 40 heavy (non-hydrogen) atoms. The van der Waals surface area contributed by atoms with E-state index in [2.05, 4.69) is 30.9 Å². The largest absolute Gasteiger partial charge is 0.480 e. The number of carbonyl (C=O) groups is 4. The highest BCUT2D eigenvalue weighted by Crippen LogP contribution is 2.19. The molecule has 0 saturated heterocycles. The number of carbonyl (C=O) groups excluding carboxylic acids is 3. The number of carboxylic acid groups (broad SMARTS) is 1. The molecule has 0 spiro atoms. The second-order valence-electron chi connectivity index (χ2n) is 9.92. The zero-order valence-electron chi connectivity index (χ0n) is 22.8. The van der Waals surface area contributed by atoms with Crippen molar-refractivity contribution in [3.8, 4) is 0 Å². The third-order valence-electron chi connectivity index (χ3n) is 6.59. The fourth-order valence-corrected chi connectivity index (χ4v) is 4.64. The fraction of sp³-hybridized carbons (Fsp3) is 0.444. The van der Waals surface area contributed by atoms with Gasteiger partial charge in [0.1, 0.15) is 18.1 Å². The quantitative estimate of drug-likeness (QED) is 0.140. The number of aromatic amines is 2. The van der Waals surface area contributed by atoms with Gasteiger partial charge in [-0.2, -0.15) is 11.8 Å². The van der Waals surface area contributed by atoms with Crippen molar-refractivity contribution in [3.05, 3.63) is 54.2 Å². The van der Waals surface area contributed by atoms with Gasteiger partial charge < -0.3 is 36.8 Å². The molecule has 0 aliphatic heterocycles. The van der Waals surface area contributed by atoms with Crippen LogP contribution in [0.2, 0.25) is 0 Å². The van der Waals surface area contributed by atoms with Crippen LogP contribution in [-0.4, -0.2) is 79.9 Å². The molecule has 0 fully saturated rings. The topological polar surface area (TPSA) is 195 Å². The van der Waals surface area contributed by atoms with Crippen LogP contribution < -0.4 is 21.7 Å². The zero-order valence-corrected chi connectivity index (χ0v) is 23.6. The standard InChI is InChI=1S/C27H37N7O5S/c1-15(2)23(28)26(37)34-21(10-16-12-30-19-7-5-4-6-18(16)19)24(35)33-22(11-17-13-29-14-31-17)25(36)32-20(27(38)39)8-9-40-3/h4-7,12-15,20-23,30H,8-11,28H2,1-3H3,(H,29,31)(H,32,36)(H,33,35)(H,34,37)(H,38,39). The Hall–Kier alpha value is -3.84. The zero-order chi connectivity index (χ0) is 29.2. The monoisotopic (exact) mass is 571 g/mol. The van der Waals surface area contributed by atoms with E-state index in [0.29, 0.717) is 11.4 Å². The number of aromatic nitrogens is 3. The van der Waals surface area contributed by atoms with Crippen LogP contribution in [-0.2, 0) is 32.0 Å². The van der Waals surface area contributed by atoms with Gasteiger partial charge in [0.15, 0.2) is 0 Å². The van der Waals surface area contributed by atoms with Gasteiger partial charge in [-0.1, -0.05) is 32.0 Å². The summed E-state index contributed by atoms with van der Waals surface area (Å²) in [5, 5.41) is 18.5. The number of hydrogen-bond acceptors (Lipinski definition) is 7. The number of hydrogen-bond donors (Lipinski definition) is 7. The van der Waals surface area contributed by atoms with Crippen LogP contribution in [0.4, 0.5) is 0 Å². The minimum Gasteiger partial charge on any atom is -0.480 e. The maximum Gasteiger partial charge on any atom is 0.326 e. The van der Waals surface area contributed by atoms with Crippen LogP contribution in [0.3, 0.4) is 0 Å². The second-order valence-corrected chi connectivity index (χ2v) is 10.9. The van der Waals surface area contributed by atoms with Crippen LogP contribution in [0.1, 0.15) is 31.5 Å². The number of benzene rings is 1. The number of carboxylic acids is 1. The van der Waals surface area contributed by atoms with Crippen LogP contribution in [0.25, 0.3) is 10.9 Å². The van der Waals surface area contributed by atoms with Crippen LogP contribution in [0.5, 0.6) is 0 Å². The van der Waals surface area contributed by atoms with Gasteiger partial charge in [-0.25, -0.2) is 9.78 Å². The Bertz CT molecular complexity index is 1290. The number of imidazole rings is 1. The molecule has 3 amide bonds. The number of aliphatic carboxylic acids is 1. The molecule has 0 aliphatic rings. The average Bonchev–Trinajstić information content (AvgIpc) is 3.59. The Morgan fingerprint density at radius 3 is 2.25 bits per heavy atom. The second kappa shape index (κ2) is 14.5. The molecule has 8 N–H and O–H groups in total. The summed E-state index contributed by atoms with van der Waals surface area (Å²) in [7, 11) is 0. The molecule has 4 atom stereocenters. The van der Waals surface area contributed by atoms with Crippen molar-refractivity contribution in [3.63, 3.8) is 0 Å². The number of thioether (sulfide) groups is 1. The van der Waals surface area contributed by atoms with E-state index in [9.17, 15) is 24.3 Å². The number of nitrogens with zero attached hydrogens (tertiary/aromatic N) is 1. The molecule has 13 heteroatoms. The molecule has 0 saturated carbocycles. The van der Waals surface area contributed by atoms with Crippen LogP contribution in [0.15, 0.2) is 43.0 Å². The molecular weight excluding hydrogens is 534 g/mol. The van der Waals surface area contributed by atoms with Crippen molar-refractivity contribution in [2.75, 3.05) is 12.0 Å². The summed E-state index contributed by atoms with van der Waals surface area (Å²) in [6.07, 6.45) is 6.97. The number of amides is 3. The summed E-state index contributed by atoms with van der Waals surface area (Å²) in [6, 6.07) is 3.43. The van der Waals surface area contributed by atoms with Gasteiger partial charge in [0.2, 0.25) is 17.7 Å². The van der Waals surface area contributed by atoms with Crippen molar-refractivity contribution in [2.45, 2.75) is 57.3 Å². The maximum absolute atomic E-state index is 13.7. The lowest BCUT2D eigenvalue weighted by Gasteiger charge is -2.25. The first-order valence-corrected chi connectivity index (χ1v) is 14.4. The molecule has 1 aromatic carbocycles. The summed E-state index contributed by atoms with van der Waals surface area (Å²) in [4.78, 5) is 61.6. The predicted molar refractivity (Wildman–Crippen MR) is 154 cm³/mol. The van der Waals surface area contributed by atoms with E-state index < -0.39 is 47.9 Å². The molecule has 3 rings (SSSR count). The van der Waals surface area contributed by atoms with Crippen LogP contribution >= 0.6 is 11.8 Å². The minimum absolute atomic E-state index is 0.0334. The van der Waals surface area contributed by atoms with Crippen molar-refractivity contribution >= 4 is 46.4 Å². The first-order valence-electron chi connectivity index (χ1n) is 13.0. The highest BCUT2D eigenvalue weighted by molar-refractivity contribution is 7.98. The van der Waals surface area contributed by atoms with Gasteiger partial charge in [0.25, 0.3) is 0 Å². The SMILES string of the molecule is CSCCC(NC(=O)C(Cc1cnc[nH]1)NC(=O)C(Cc1c[nH]c2ccccc12)NC(=O)C(N)C(C)C)C(=O)O. The molecule has 2 aromatic heterocycles. The van der Waals surface area contributed by atoms with Gasteiger partial charge in [0, 0.05) is 41.8 Å². The number of fused-ring (bicyclic) bond motifs is 1. The molecule has 2 heterocycles. The van der Waals surface area contributed by atoms with Crippen molar-refractivity contribution in [1.29, 1.82) is 0 Å². The molecule has 0 aliphatic carbocycles. The lowest BCUT2D eigenvalue weighted by molar-refractivity contribution is -0.142. The van der Waals surface area contributed by atoms with Gasteiger partial charge in [0.05, 0.1) is 12.4 Å². The first-order chi connectivity index (χ1) is 19.1. The lowest BCUT2D eigenvalue weighted by Crippen LogP contribution is -2.58. The maximum atomic E-state index is 13.7. The van der Waals surface area contributed by atoms with E-state index >= 15 is 0 Å². The van der Waals surface area contributed by atoms with E-state index in [0.717, 1.165) is 16.5 Å². The van der Waals surface area contributed by atoms with E-state index in [1.54, 1.807) is 20.0 Å². The molecule has 12 nitrogen and oxygen atoms in total. The van der Waals surface area contributed by atoms with Crippen LogP contribution in [0, 0.1) is 5.92 Å². The highest BCUT2D eigenvalue weighted by Gasteiger charge is 2.31. The van der Waals surface area contributed by atoms with E-state index in [4.69, 9.17) is 5.73 Å². The number of H-pyrrole nitrogens is 2. The minimum atomic E-state index is -1.17. The summed E-state index contributed by atoms with van der Waals surface area (Å²) >= 11 is 1.46. The van der Waals surface area contributed by atoms with Crippen molar-refractivity contribution < 1.29 is 24.3 Å². The van der Waals surface area contributed by atoms with Gasteiger partial charge >= 0.3 is 5.97 Å². The molecule has 0 radical (unpaired) electrons. The summed E-state index contributed by atoms with van der Waals surface area (Å²) < 4.78 is 0. The third kappa shape index (κ3) is 8.33. The van der Waals surface area contributed by atoms with Crippen molar-refractivity contribution in [1.82, 2.24) is 30.9 Å². The highest BCUT2D eigenvalue weighted by atomic mass is 32.2. The van der Waals surface area contributed by atoms with E-state index in [-0.39, 0.29) is 25.2 Å². The Morgan fingerprint density at radius 1 is 0.975 bits per heavy atom. The third-order valence-corrected chi connectivity index (χ3v) is 7.23. The summed E-state index contributed by atoms with van der Waals surface area (Å²) in [5.41, 5.74) is 8.29. The van der Waals surface area contributed by atoms with Gasteiger partial charge in [-0.15, -0.1) is 0 Å². The smallest absolute Gasteiger partial charge is 0.326 e. The number of nitrogens with one attached hydrogen (secondary N) is 5. The Morgan fingerprint density at radius 2 is 1.62 bits per heavy atom. The molecule has 4 unspecified atom stereocenters. The van der Waals surface area contributed by atoms with Gasteiger partial charge in [-0.05, 0) is 36.0 Å². The predicted octanol–water partition coefficient (Wildman–Crippen LogP) is 0.952. The van der Waals surface area contributed by atoms with Gasteiger partial charge in [-0.3, -0.25) is 14.4 Å². The number of rotatable bonds is 15. The Balaban J connectivity index is 1.86. The molecule has 0 bridgehead atoms. The molecule has 216 valence electrons. The molecule has 3 aromatic rings. The Kier molecular flexibility index (Phi) is 11.1. The number of para-hydroxylation sites is 1.